The van der Waals surface area contributed by atoms with Gasteiger partial charge in [0.25, 0.3) is 0 Å². The molecule has 0 radical (unpaired) electrons. The van der Waals surface area contributed by atoms with Crippen molar-refractivity contribution in [2.75, 3.05) is 26.4 Å². The molecule has 0 saturated carbocycles. The first-order valence-corrected chi connectivity index (χ1v) is 13.5. The summed E-state index contributed by atoms with van der Waals surface area (Å²) in [5.41, 5.74) is 4.40. The molecule has 3 atom stereocenters. The number of nitrogens with one attached hydrogen (secondary N) is 3. The van der Waals surface area contributed by atoms with Crippen molar-refractivity contribution in [1.82, 2.24) is 16.0 Å². The molecule has 2 aromatic rings. The average molecular weight is 550 g/mol. The smallest absolute Gasteiger partial charge is 0.407 e. The van der Waals surface area contributed by atoms with Gasteiger partial charge in [0.2, 0.25) is 11.8 Å². The Morgan fingerprint density at radius 3 is 2.35 bits per heavy atom. The van der Waals surface area contributed by atoms with Crippen LogP contribution in [0.1, 0.15) is 43.2 Å². The third-order valence-corrected chi connectivity index (χ3v) is 6.98. The van der Waals surface area contributed by atoms with Gasteiger partial charge in [-0.2, -0.15) is 0 Å². The molecular weight excluding hydrogens is 514 g/mol. The maximum Gasteiger partial charge on any atom is 0.407 e. The van der Waals surface area contributed by atoms with Crippen molar-refractivity contribution < 1.29 is 33.8 Å². The molecule has 10 nitrogen and oxygen atoms in total. The Balaban J connectivity index is 1.38. The number of aliphatic hydroxyl groups excluding tert-OH is 1. The van der Waals surface area contributed by atoms with Gasteiger partial charge < -0.3 is 30.5 Å². The highest BCUT2D eigenvalue weighted by molar-refractivity contribution is 5.86. The van der Waals surface area contributed by atoms with Crippen LogP contribution in [0.5, 0.6) is 0 Å². The van der Waals surface area contributed by atoms with Crippen LogP contribution in [-0.2, 0) is 23.9 Å². The van der Waals surface area contributed by atoms with E-state index in [1.165, 1.54) is 0 Å². The van der Waals surface area contributed by atoms with E-state index < -0.39 is 30.1 Å². The van der Waals surface area contributed by atoms with Crippen LogP contribution < -0.4 is 16.0 Å². The summed E-state index contributed by atoms with van der Waals surface area (Å²) in [6.45, 7) is 1.62. The minimum absolute atomic E-state index is 0.0515. The first kappa shape index (κ1) is 28.8. The number of esters is 1. The second-order valence-corrected chi connectivity index (χ2v) is 9.98. The first-order chi connectivity index (χ1) is 19.4. The second-order valence-electron chi connectivity index (χ2n) is 9.98. The van der Waals surface area contributed by atoms with Crippen LogP contribution in [0.2, 0.25) is 0 Å². The minimum atomic E-state index is -0.986. The summed E-state index contributed by atoms with van der Waals surface area (Å²) in [6.07, 6.45) is 2.98. The lowest BCUT2D eigenvalue weighted by Crippen LogP contribution is -2.45. The van der Waals surface area contributed by atoms with Gasteiger partial charge >= 0.3 is 12.1 Å². The van der Waals surface area contributed by atoms with Gasteiger partial charge in [-0.05, 0) is 42.0 Å². The number of benzene rings is 2. The monoisotopic (exact) mass is 549 g/mol. The van der Waals surface area contributed by atoms with E-state index in [1.54, 1.807) is 19.1 Å². The van der Waals surface area contributed by atoms with Crippen LogP contribution in [0, 0.1) is 5.92 Å². The lowest BCUT2D eigenvalue weighted by molar-refractivity contribution is -0.147. The largest absolute Gasteiger partial charge is 0.462 e. The predicted molar refractivity (Wildman–Crippen MR) is 147 cm³/mol. The van der Waals surface area contributed by atoms with E-state index in [9.17, 15) is 19.2 Å². The van der Waals surface area contributed by atoms with Crippen LogP contribution in [0.25, 0.3) is 11.1 Å². The topological polar surface area (TPSA) is 143 Å². The van der Waals surface area contributed by atoms with Gasteiger partial charge in [0.05, 0.1) is 18.6 Å². The fraction of sp³-hybridized carbons (Fsp3) is 0.400. The van der Waals surface area contributed by atoms with Gasteiger partial charge in [0.15, 0.2) is 0 Å². The molecule has 40 heavy (non-hydrogen) atoms. The number of hydrogen-bond donors (Lipinski definition) is 4. The van der Waals surface area contributed by atoms with Crippen LogP contribution in [-0.4, -0.2) is 67.4 Å². The molecule has 0 aromatic heterocycles. The molecule has 0 saturated heterocycles. The van der Waals surface area contributed by atoms with E-state index in [4.69, 9.17) is 14.6 Å². The lowest BCUT2D eigenvalue weighted by atomic mass is 9.98. The molecule has 0 fully saturated rings. The third kappa shape index (κ3) is 7.26. The van der Waals surface area contributed by atoms with E-state index in [1.807, 2.05) is 36.4 Å². The summed E-state index contributed by atoms with van der Waals surface area (Å²) in [5, 5.41) is 16.8. The SMILES string of the molecule is C[C@H]1COC(=O)[C@@H](NC(=O)OCC2c3ccccc3-c3ccccc32)C/C=C\C[C@H](CC(=O)NCCO)C(=O)N1. The molecule has 1 aliphatic heterocycles. The number of cyclic esters (lactones) is 1. The van der Waals surface area contributed by atoms with E-state index in [2.05, 4.69) is 28.1 Å². The Labute approximate surface area is 233 Å². The number of ether oxygens (including phenoxy) is 2. The molecule has 1 heterocycles. The highest BCUT2D eigenvalue weighted by Crippen LogP contribution is 2.44. The van der Waals surface area contributed by atoms with Crippen LogP contribution in [0.15, 0.2) is 60.7 Å². The zero-order valence-corrected chi connectivity index (χ0v) is 22.4. The van der Waals surface area contributed by atoms with E-state index >= 15 is 0 Å². The number of fused-ring (bicyclic) bond motifs is 3. The van der Waals surface area contributed by atoms with E-state index in [0.717, 1.165) is 22.3 Å². The third-order valence-electron chi connectivity index (χ3n) is 6.98. The first-order valence-electron chi connectivity index (χ1n) is 13.5. The van der Waals surface area contributed by atoms with E-state index in [-0.39, 0.29) is 63.4 Å². The maximum absolute atomic E-state index is 12.8. The highest BCUT2D eigenvalue weighted by Gasteiger charge is 2.30. The van der Waals surface area contributed by atoms with Crippen molar-refractivity contribution in [1.29, 1.82) is 0 Å². The molecule has 1 aliphatic carbocycles. The standard InChI is InChI=1S/C30H35N3O7/c1-19-17-39-29(37)26(13-7-2-8-20(28(36)32-19)16-27(35)31-14-15-34)33-30(38)40-18-25-23-11-5-3-9-21(23)22-10-4-6-12-24(22)25/h2-7,9-12,19-20,25-26,34H,8,13-18H2,1H3,(H,31,35)(H,32,36)(H,33,38)/b7-2-/t19-,20+,26-/m0/s1. The number of amides is 3. The Hall–Kier alpha value is -4.18. The van der Waals surface area contributed by atoms with Gasteiger partial charge in [-0.15, -0.1) is 0 Å². The predicted octanol–water partition coefficient (Wildman–Crippen LogP) is 2.41. The van der Waals surface area contributed by atoms with Gasteiger partial charge in [-0.1, -0.05) is 60.7 Å². The number of hydrogen-bond acceptors (Lipinski definition) is 7. The zero-order chi connectivity index (χ0) is 28.5. The van der Waals surface area contributed by atoms with Crippen LogP contribution in [0.3, 0.4) is 0 Å². The molecule has 10 heteroatoms. The summed E-state index contributed by atoms with van der Waals surface area (Å²) in [4.78, 5) is 50.4. The van der Waals surface area contributed by atoms with Gasteiger partial charge in [0, 0.05) is 18.9 Å². The number of allylic oxidation sites excluding steroid dienone is 1. The molecule has 2 aromatic carbocycles. The van der Waals surface area contributed by atoms with E-state index in [0.29, 0.717) is 0 Å². The number of carbonyl (C=O) groups is 4. The second kappa shape index (κ2) is 13.7. The summed E-state index contributed by atoms with van der Waals surface area (Å²) in [5.74, 6) is -2.07. The van der Waals surface area contributed by atoms with Crippen LogP contribution >= 0.6 is 0 Å². The summed E-state index contributed by atoms with van der Waals surface area (Å²) in [6, 6.07) is 14.6. The lowest BCUT2D eigenvalue weighted by Gasteiger charge is -2.22. The van der Waals surface area contributed by atoms with Crippen molar-refractivity contribution >= 4 is 23.9 Å². The molecule has 212 valence electrons. The number of carbonyl (C=O) groups excluding carboxylic acids is 4. The average Bonchev–Trinajstić information content (AvgIpc) is 3.27. The number of rotatable bonds is 7. The molecule has 0 spiro atoms. The molecular formula is C30H35N3O7. The molecule has 2 aliphatic rings. The summed E-state index contributed by atoms with van der Waals surface area (Å²) in [7, 11) is 0. The molecule has 4 N–H and O–H groups in total. The summed E-state index contributed by atoms with van der Waals surface area (Å²) >= 11 is 0. The quantitative estimate of drug-likeness (QED) is 0.307. The van der Waals surface area contributed by atoms with Crippen LogP contribution in [0.4, 0.5) is 4.79 Å². The maximum atomic E-state index is 12.8. The van der Waals surface area contributed by atoms with Gasteiger partial charge in [-0.25, -0.2) is 9.59 Å². The number of aliphatic hydroxyl groups is 1. The molecule has 4 rings (SSSR count). The van der Waals surface area contributed by atoms with Crippen molar-refractivity contribution in [2.45, 2.75) is 44.2 Å². The van der Waals surface area contributed by atoms with Crippen molar-refractivity contribution in [3.05, 3.63) is 71.8 Å². The van der Waals surface area contributed by atoms with Crippen molar-refractivity contribution in [2.24, 2.45) is 5.92 Å². The highest BCUT2D eigenvalue weighted by atomic mass is 16.6. The zero-order valence-electron chi connectivity index (χ0n) is 22.4. The van der Waals surface area contributed by atoms with Crippen molar-refractivity contribution in [3.63, 3.8) is 0 Å². The number of alkyl carbamates (subject to hydrolysis) is 1. The van der Waals surface area contributed by atoms with Crippen molar-refractivity contribution in [3.8, 4) is 11.1 Å². The van der Waals surface area contributed by atoms with Gasteiger partial charge in [-0.3, -0.25) is 9.59 Å². The Kier molecular flexibility index (Phi) is 9.91. The Bertz CT molecular complexity index is 1220. The normalized spacial score (nSPS) is 21.9. The molecule has 3 amide bonds. The fourth-order valence-corrected chi connectivity index (χ4v) is 4.97. The summed E-state index contributed by atoms with van der Waals surface area (Å²) < 4.78 is 11.0. The molecule has 0 bridgehead atoms. The minimum Gasteiger partial charge on any atom is -0.462 e. The molecule has 0 unspecified atom stereocenters. The van der Waals surface area contributed by atoms with Gasteiger partial charge in [0.1, 0.15) is 19.3 Å². The Morgan fingerprint density at radius 1 is 1.02 bits per heavy atom. The Morgan fingerprint density at radius 2 is 1.68 bits per heavy atom. The fourth-order valence-electron chi connectivity index (χ4n) is 4.97.